The predicted octanol–water partition coefficient (Wildman–Crippen LogP) is 3.99. The summed E-state index contributed by atoms with van der Waals surface area (Å²) >= 11 is 0. The number of benzene rings is 2. The van der Waals surface area contributed by atoms with Gasteiger partial charge in [0.15, 0.2) is 0 Å². The highest BCUT2D eigenvalue weighted by atomic mass is 16.1. The molecule has 0 atom stereocenters. The van der Waals surface area contributed by atoms with Gasteiger partial charge in [0.05, 0.1) is 11.2 Å². The van der Waals surface area contributed by atoms with Gasteiger partial charge >= 0.3 is 0 Å². The van der Waals surface area contributed by atoms with Gasteiger partial charge in [0.25, 0.3) is 5.91 Å². The molecule has 126 valence electrons. The minimum atomic E-state index is -0.213. The Hall–Kier alpha value is -2.88. The molecule has 3 aromatic rings. The van der Waals surface area contributed by atoms with E-state index in [1.807, 2.05) is 60.1 Å². The molecule has 0 bridgehead atoms. The van der Waals surface area contributed by atoms with Crippen LogP contribution < -0.4 is 5.32 Å². The summed E-state index contributed by atoms with van der Waals surface area (Å²) in [6, 6.07) is 19.8. The second-order valence-corrected chi connectivity index (χ2v) is 6.69. The first-order valence-corrected chi connectivity index (χ1v) is 8.67. The van der Waals surface area contributed by atoms with Crippen LogP contribution in [-0.2, 0) is 5.54 Å². The molecule has 0 radical (unpaired) electrons. The molecule has 4 nitrogen and oxygen atoms in total. The van der Waals surface area contributed by atoms with Crippen molar-refractivity contribution in [3.8, 4) is 5.69 Å². The number of nitrogens with zero attached hydrogens (tertiary/aromatic N) is 2. The first kappa shape index (κ1) is 15.6. The van der Waals surface area contributed by atoms with Crippen molar-refractivity contribution in [2.24, 2.45) is 0 Å². The number of hydrogen-bond acceptors (Lipinski definition) is 2. The second kappa shape index (κ2) is 6.20. The highest BCUT2D eigenvalue weighted by Gasteiger charge is 2.39. The van der Waals surface area contributed by atoms with Gasteiger partial charge in [-0.2, -0.15) is 5.10 Å². The van der Waals surface area contributed by atoms with Crippen molar-refractivity contribution in [2.45, 2.75) is 31.7 Å². The van der Waals surface area contributed by atoms with Gasteiger partial charge < -0.3 is 5.32 Å². The van der Waals surface area contributed by atoms with E-state index in [4.69, 9.17) is 0 Å². The molecule has 0 aliphatic heterocycles. The van der Waals surface area contributed by atoms with Crippen LogP contribution in [0.5, 0.6) is 0 Å². The topological polar surface area (TPSA) is 46.9 Å². The number of aryl methyl sites for hydroxylation is 1. The quantitative estimate of drug-likeness (QED) is 0.786. The smallest absolute Gasteiger partial charge is 0.251 e. The zero-order chi connectivity index (χ0) is 17.3. The van der Waals surface area contributed by atoms with E-state index in [2.05, 4.69) is 22.5 Å². The molecular formula is C21H21N3O. The Bertz CT molecular complexity index is 877. The van der Waals surface area contributed by atoms with E-state index in [0.717, 1.165) is 30.6 Å². The van der Waals surface area contributed by atoms with Gasteiger partial charge in [-0.1, -0.05) is 30.3 Å². The third kappa shape index (κ3) is 2.84. The van der Waals surface area contributed by atoms with Gasteiger partial charge in [0.1, 0.15) is 0 Å². The standard InChI is InChI=1S/C21H21N3O/c1-16-12-15-22-24(16)19-10-8-17(9-11-19)20(25)23-21(13-5-14-21)18-6-3-2-4-7-18/h2-4,6-12,15H,5,13-14H2,1H3,(H,23,25). The van der Waals surface area contributed by atoms with Crippen molar-refractivity contribution in [1.82, 2.24) is 15.1 Å². The van der Waals surface area contributed by atoms with Crippen molar-refractivity contribution in [3.63, 3.8) is 0 Å². The Labute approximate surface area is 147 Å². The van der Waals surface area contributed by atoms with Gasteiger partial charge in [-0.05, 0) is 62.1 Å². The average molecular weight is 331 g/mol. The SMILES string of the molecule is Cc1ccnn1-c1ccc(C(=O)NC2(c3ccccc3)CCC2)cc1. The fraction of sp³-hybridized carbons (Fsp3) is 0.238. The zero-order valence-corrected chi connectivity index (χ0v) is 14.3. The van der Waals surface area contributed by atoms with Crippen LogP contribution in [0, 0.1) is 6.92 Å². The van der Waals surface area contributed by atoms with Gasteiger partial charge in [-0.3, -0.25) is 4.79 Å². The number of amides is 1. The summed E-state index contributed by atoms with van der Waals surface area (Å²) in [5.74, 6) is -0.0210. The lowest BCUT2D eigenvalue weighted by atomic mass is 9.71. The number of hydrogen-bond donors (Lipinski definition) is 1. The lowest BCUT2D eigenvalue weighted by Gasteiger charge is -2.43. The Balaban J connectivity index is 1.54. The van der Waals surface area contributed by atoms with Crippen LogP contribution in [-0.4, -0.2) is 15.7 Å². The average Bonchev–Trinajstić information content (AvgIpc) is 3.05. The van der Waals surface area contributed by atoms with E-state index in [0.29, 0.717) is 5.56 Å². The summed E-state index contributed by atoms with van der Waals surface area (Å²) in [7, 11) is 0. The molecule has 4 rings (SSSR count). The Morgan fingerprint density at radius 2 is 1.76 bits per heavy atom. The maximum atomic E-state index is 12.8. The highest BCUT2D eigenvalue weighted by Crippen LogP contribution is 2.41. The fourth-order valence-corrected chi connectivity index (χ4v) is 3.46. The normalized spacial score (nSPS) is 15.4. The third-order valence-electron chi connectivity index (χ3n) is 5.09. The minimum absolute atomic E-state index is 0.0210. The molecule has 1 aliphatic rings. The number of aromatic nitrogens is 2. The lowest BCUT2D eigenvalue weighted by Crippen LogP contribution is -2.50. The molecule has 1 fully saturated rings. The van der Waals surface area contributed by atoms with Crippen LogP contribution in [0.15, 0.2) is 66.9 Å². The summed E-state index contributed by atoms with van der Waals surface area (Å²) in [4.78, 5) is 12.8. The van der Waals surface area contributed by atoms with Crippen molar-refractivity contribution >= 4 is 5.91 Å². The lowest BCUT2D eigenvalue weighted by molar-refractivity contribution is 0.0823. The van der Waals surface area contributed by atoms with Gasteiger partial charge in [0, 0.05) is 17.5 Å². The Morgan fingerprint density at radius 3 is 2.32 bits per heavy atom. The third-order valence-corrected chi connectivity index (χ3v) is 5.09. The highest BCUT2D eigenvalue weighted by molar-refractivity contribution is 5.95. The minimum Gasteiger partial charge on any atom is -0.343 e. The first-order valence-electron chi connectivity index (χ1n) is 8.67. The largest absolute Gasteiger partial charge is 0.343 e. The van der Waals surface area contributed by atoms with E-state index in [1.54, 1.807) is 6.20 Å². The number of rotatable bonds is 4. The number of nitrogens with one attached hydrogen (secondary N) is 1. The molecule has 0 unspecified atom stereocenters. The van der Waals surface area contributed by atoms with E-state index in [-0.39, 0.29) is 11.4 Å². The molecule has 0 saturated heterocycles. The maximum absolute atomic E-state index is 12.8. The summed E-state index contributed by atoms with van der Waals surface area (Å²) in [6.07, 6.45) is 4.91. The van der Waals surface area contributed by atoms with Crippen LogP contribution in [0.3, 0.4) is 0 Å². The maximum Gasteiger partial charge on any atom is 0.251 e. The second-order valence-electron chi connectivity index (χ2n) is 6.69. The van der Waals surface area contributed by atoms with Crippen molar-refractivity contribution in [2.75, 3.05) is 0 Å². The first-order chi connectivity index (χ1) is 12.2. The molecule has 1 heterocycles. The van der Waals surface area contributed by atoms with Crippen LogP contribution in [0.25, 0.3) is 5.69 Å². The molecule has 1 aromatic heterocycles. The molecule has 1 aliphatic carbocycles. The van der Waals surface area contributed by atoms with Crippen molar-refractivity contribution < 1.29 is 4.79 Å². The zero-order valence-electron chi connectivity index (χ0n) is 14.3. The monoisotopic (exact) mass is 331 g/mol. The predicted molar refractivity (Wildman–Crippen MR) is 97.7 cm³/mol. The van der Waals surface area contributed by atoms with Crippen molar-refractivity contribution in [1.29, 1.82) is 0 Å². The summed E-state index contributed by atoms with van der Waals surface area (Å²) < 4.78 is 1.86. The molecular weight excluding hydrogens is 310 g/mol. The van der Waals surface area contributed by atoms with Crippen LogP contribution in [0.1, 0.15) is 40.9 Å². The van der Waals surface area contributed by atoms with E-state index in [9.17, 15) is 4.79 Å². The number of carbonyl (C=O) groups is 1. The summed E-state index contributed by atoms with van der Waals surface area (Å²) in [5, 5.41) is 7.56. The molecule has 1 saturated carbocycles. The molecule has 4 heteroatoms. The van der Waals surface area contributed by atoms with E-state index >= 15 is 0 Å². The van der Waals surface area contributed by atoms with Gasteiger partial charge in [0.2, 0.25) is 0 Å². The van der Waals surface area contributed by atoms with Crippen molar-refractivity contribution in [3.05, 3.63) is 83.7 Å². The van der Waals surface area contributed by atoms with E-state index < -0.39 is 0 Å². The van der Waals surface area contributed by atoms with Crippen LogP contribution >= 0.6 is 0 Å². The molecule has 1 amide bonds. The molecule has 2 aromatic carbocycles. The molecule has 0 spiro atoms. The van der Waals surface area contributed by atoms with Crippen LogP contribution in [0.4, 0.5) is 0 Å². The van der Waals surface area contributed by atoms with Crippen LogP contribution in [0.2, 0.25) is 0 Å². The Kier molecular flexibility index (Phi) is 3.88. The van der Waals surface area contributed by atoms with Gasteiger partial charge in [-0.15, -0.1) is 0 Å². The summed E-state index contributed by atoms with van der Waals surface area (Å²) in [6.45, 7) is 2.01. The van der Waals surface area contributed by atoms with Gasteiger partial charge in [-0.25, -0.2) is 4.68 Å². The van der Waals surface area contributed by atoms with E-state index in [1.165, 1.54) is 5.56 Å². The molecule has 1 N–H and O–H groups in total. The number of carbonyl (C=O) groups excluding carboxylic acids is 1. The molecule has 25 heavy (non-hydrogen) atoms. The fourth-order valence-electron chi connectivity index (χ4n) is 3.46. The summed E-state index contributed by atoms with van der Waals surface area (Å²) in [5.41, 5.74) is 3.68. The Morgan fingerprint density at radius 1 is 1.04 bits per heavy atom.